The maximum atomic E-state index is 12.5. The van der Waals surface area contributed by atoms with Gasteiger partial charge in [0, 0.05) is 13.0 Å². The van der Waals surface area contributed by atoms with Crippen molar-refractivity contribution in [3.8, 4) is 0 Å². The highest BCUT2D eigenvalue weighted by Crippen LogP contribution is 2.03. The molecule has 0 aliphatic heterocycles. The number of anilines is 1. The molecule has 5 nitrogen and oxygen atoms in total. The molecule has 0 saturated heterocycles. The van der Waals surface area contributed by atoms with Gasteiger partial charge in [0.05, 0.1) is 6.20 Å². The summed E-state index contributed by atoms with van der Waals surface area (Å²) in [6.07, 6.45) is 3.08. The largest absolute Gasteiger partial charge is 0.370 e. The molecule has 6 heteroatoms. The van der Waals surface area contributed by atoms with Crippen molar-refractivity contribution < 1.29 is 8.91 Å². The molecular weight excluding hydrogens is 199 g/mol. The minimum absolute atomic E-state index is 0.348. The summed E-state index contributed by atoms with van der Waals surface area (Å²) in [5.74, 6) is 0.906. The van der Waals surface area contributed by atoms with Gasteiger partial charge in [-0.05, 0) is 12.1 Å². The molecule has 15 heavy (non-hydrogen) atoms. The lowest BCUT2D eigenvalue weighted by Gasteiger charge is -2.02. The van der Waals surface area contributed by atoms with Crippen molar-refractivity contribution >= 4 is 5.82 Å². The second-order valence-corrected chi connectivity index (χ2v) is 2.89. The van der Waals surface area contributed by atoms with Crippen LogP contribution in [0.5, 0.6) is 0 Å². The van der Waals surface area contributed by atoms with Crippen LogP contribution in [0.2, 0.25) is 0 Å². The summed E-state index contributed by atoms with van der Waals surface area (Å²) in [5.41, 5.74) is 0. The molecule has 0 amide bonds. The van der Waals surface area contributed by atoms with E-state index in [0.29, 0.717) is 24.6 Å². The molecule has 2 aromatic heterocycles. The van der Waals surface area contributed by atoms with Gasteiger partial charge in [-0.15, -0.1) is 0 Å². The van der Waals surface area contributed by atoms with E-state index in [0.717, 1.165) is 6.20 Å². The summed E-state index contributed by atoms with van der Waals surface area (Å²) in [7, 11) is 0. The van der Waals surface area contributed by atoms with E-state index in [-0.39, 0.29) is 5.82 Å². The second kappa shape index (κ2) is 4.50. The molecule has 1 N–H and O–H groups in total. The minimum atomic E-state index is -0.348. The summed E-state index contributed by atoms with van der Waals surface area (Å²) in [5, 5.41) is 6.67. The smallest absolute Gasteiger partial charge is 0.213 e. The van der Waals surface area contributed by atoms with Gasteiger partial charge in [-0.3, -0.25) is 0 Å². The highest BCUT2D eigenvalue weighted by atomic mass is 19.1. The number of halogens is 1. The lowest BCUT2D eigenvalue weighted by atomic mass is 10.4. The Morgan fingerprint density at radius 2 is 2.27 bits per heavy atom. The molecular formula is C9H9FN4O. The lowest BCUT2D eigenvalue weighted by Crippen LogP contribution is -2.07. The number of aromatic nitrogens is 3. The Balaban J connectivity index is 1.81. The van der Waals surface area contributed by atoms with Gasteiger partial charge >= 0.3 is 0 Å². The van der Waals surface area contributed by atoms with E-state index in [2.05, 4.69) is 25.0 Å². The van der Waals surface area contributed by atoms with Gasteiger partial charge in [-0.1, -0.05) is 5.16 Å². The fourth-order valence-corrected chi connectivity index (χ4v) is 1.09. The molecule has 0 bridgehead atoms. The lowest BCUT2D eigenvalue weighted by molar-refractivity contribution is 0.410. The maximum Gasteiger partial charge on any atom is 0.213 e. The molecule has 2 aromatic rings. The van der Waals surface area contributed by atoms with Crippen LogP contribution in [0.4, 0.5) is 10.2 Å². The van der Waals surface area contributed by atoms with Gasteiger partial charge in [-0.2, -0.15) is 4.98 Å². The van der Waals surface area contributed by atoms with Crippen molar-refractivity contribution in [3.05, 3.63) is 36.4 Å². The van der Waals surface area contributed by atoms with Crippen LogP contribution in [0.1, 0.15) is 5.82 Å². The van der Waals surface area contributed by atoms with Gasteiger partial charge < -0.3 is 9.84 Å². The van der Waals surface area contributed by atoms with Crippen molar-refractivity contribution in [2.45, 2.75) is 6.42 Å². The zero-order chi connectivity index (χ0) is 10.5. The third kappa shape index (κ3) is 2.73. The van der Waals surface area contributed by atoms with Crippen molar-refractivity contribution in [1.29, 1.82) is 0 Å². The third-order valence-corrected chi connectivity index (χ3v) is 1.79. The summed E-state index contributed by atoms with van der Waals surface area (Å²) in [6, 6.07) is 2.93. The highest BCUT2D eigenvalue weighted by molar-refractivity contribution is 5.33. The molecule has 0 saturated carbocycles. The normalized spacial score (nSPS) is 10.2. The number of hydrogen-bond acceptors (Lipinski definition) is 5. The van der Waals surface area contributed by atoms with Crippen LogP contribution >= 0.6 is 0 Å². The van der Waals surface area contributed by atoms with Crippen LogP contribution in [0.25, 0.3) is 0 Å². The van der Waals surface area contributed by atoms with Crippen LogP contribution in [0.15, 0.2) is 29.2 Å². The first-order chi connectivity index (χ1) is 7.34. The molecule has 0 aliphatic carbocycles. The number of hydrogen-bond donors (Lipinski definition) is 1. The average Bonchev–Trinajstić information content (AvgIpc) is 2.74. The van der Waals surface area contributed by atoms with Crippen LogP contribution < -0.4 is 5.32 Å². The average molecular weight is 208 g/mol. The summed E-state index contributed by atoms with van der Waals surface area (Å²) >= 11 is 0. The van der Waals surface area contributed by atoms with E-state index in [1.165, 1.54) is 12.5 Å². The van der Waals surface area contributed by atoms with Gasteiger partial charge in [0.15, 0.2) is 5.82 Å². The molecule has 78 valence electrons. The van der Waals surface area contributed by atoms with E-state index < -0.39 is 0 Å². The molecule has 0 atom stereocenters. The van der Waals surface area contributed by atoms with E-state index in [9.17, 15) is 4.39 Å². The van der Waals surface area contributed by atoms with Crippen molar-refractivity contribution in [3.63, 3.8) is 0 Å². The van der Waals surface area contributed by atoms with Crippen LogP contribution in [0, 0.1) is 5.82 Å². The summed E-state index contributed by atoms with van der Waals surface area (Å²) in [6.45, 7) is 0.623. The predicted octanol–water partition coefficient (Wildman–Crippen LogP) is 1.26. The number of pyridine rings is 1. The number of rotatable bonds is 4. The van der Waals surface area contributed by atoms with Gasteiger partial charge in [0.25, 0.3) is 0 Å². The monoisotopic (exact) mass is 208 g/mol. The number of nitrogens with zero attached hydrogens (tertiary/aromatic N) is 3. The maximum absolute atomic E-state index is 12.5. The Morgan fingerprint density at radius 1 is 1.33 bits per heavy atom. The van der Waals surface area contributed by atoms with Gasteiger partial charge in [0.2, 0.25) is 6.39 Å². The van der Waals surface area contributed by atoms with Gasteiger partial charge in [0.1, 0.15) is 11.6 Å². The molecule has 0 unspecified atom stereocenters. The number of nitrogens with one attached hydrogen (secondary N) is 1. The van der Waals surface area contributed by atoms with Gasteiger partial charge in [-0.25, -0.2) is 9.37 Å². The standard InChI is InChI=1S/C9H9FN4O/c10-7-1-2-8(12-5-7)11-4-3-9-13-6-15-14-9/h1-2,5-6H,3-4H2,(H,11,12). The van der Waals surface area contributed by atoms with Crippen molar-refractivity contribution in [2.24, 2.45) is 0 Å². The van der Waals surface area contributed by atoms with E-state index in [1.807, 2.05) is 0 Å². The van der Waals surface area contributed by atoms with E-state index in [1.54, 1.807) is 6.07 Å². The Morgan fingerprint density at radius 3 is 2.93 bits per heavy atom. The Bertz CT molecular complexity index is 401. The van der Waals surface area contributed by atoms with E-state index in [4.69, 9.17) is 0 Å². The summed E-state index contributed by atoms with van der Waals surface area (Å²) < 4.78 is 17.1. The molecule has 0 fully saturated rings. The van der Waals surface area contributed by atoms with Crippen LogP contribution in [-0.2, 0) is 6.42 Å². The summed E-state index contributed by atoms with van der Waals surface area (Å²) in [4.78, 5) is 7.71. The first-order valence-corrected chi connectivity index (χ1v) is 4.45. The Labute approximate surface area is 85.3 Å². The van der Waals surface area contributed by atoms with Crippen LogP contribution in [0.3, 0.4) is 0 Å². The first-order valence-electron chi connectivity index (χ1n) is 4.45. The zero-order valence-electron chi connectivity index (χ0n) is 7.85. The molecule has 2 heterocycles. The van der Waals surface area contributed by atoms with Crippen molar-refractivity contribution in [1.82, 2.24) is 15.1 Å². The quantitative estimate of drug-likeness (QED) is 0.819. The third-order valence-electron chi connectivity index (χ3n) is 1.79. The first kappa shape index (κ1) is 9.57. The van der Waals surface area contributed by atoms with E-state index >= 15 is 0 Å². The molecule has 0 aromatic carbocycles. The molecule has 2 rings (SSSR count). The fourth-order valence-electron chi connectivity index (χ4n) is 1.09. The van der Waals surface area contributed by atoms with Crippen LogP contribution in [-0.4, -0.2) is 21.7 Å². The predicted molar refractivity (Wildman–Crippen MR) is 50.7 cm³/mol. The zero-order valence-corrected chi connectivity index (χ0v) is 7.85. The Kier molecular flexibility index (Phi) is 2.87. The fraction of sp³-hybridized carbons (Fsp3) is 0.222. The minimum Gasteiger partial charge on any atom is -0.370 e. The second-order valence-electron chi connectivity index (χ2n) is 2.89. The Hall–Kier alpha value is -1.98. The highest BCUT2D eigenvalue weighted by Gasteiger charge is 1.98. The SMILES string of the molecule is Fc1ccc(NCCc2ncon2)nc1. The topological polar surface area (TPSA) is 63.8 Å². The molecule has 0 spiro atoms. The van der Waals surface area contributed by atoms with Crippen molar-refractivity contribution in [2.75, 3.05) is 11.9 Å². The molecule has 0 radical (unpaired) electrons. The molecule has 0 aliphatic rings.